The van der Waals surface area contributed by atoms with Crippen LogP contribution in [0.3, 0.4) is 0 Å². The zero-order valence-electron chi connectivity index (χ0n) is 19.1. The summed E-state index contributed by atoms with van der Waals surface area (Å²) in [5.41, 5.74) is 4.65. The smallest absolute Gasteiger partial charge is 0.148 e. The monoisotopic (exact) mass is 436 g/mol. The van der Waals surface area contributed by atoms with E-state index in [1.807, 2.05) is 36.4 Å². The van der Waals surface area contributed by atoms with Crippen molar-refractivity contribution >= 4 is 21.8 Å². The molecule has 5 aromatic rings. The number of hydrogen-bond donors (Lipinski definition) is 0. The van der Waals surface area contributed by atoms with Gasteiger partial charge in [0.05, 0.1) is 17.6 Å². The lowest BCUT2D eigenvalue weighted by Gasteiger charge is -2.13. The topological polar surface area (TPSA) is 36.3 Å². The molecule has 0 aliphatic rings. The van der Waals surface area contributed by atoms with E-state index in [1.165, 1.54) is 16.5 Å². The average molecular weight is 437 g/mol. The first-order chi connectivity index (χ1) is 16.2. The summed E-state index contributed by atoms with van der Waals surface area (Å²) in [6, 6.07) is 29.0. The van der Waals surface area contributed by atoms with E-state index in [0.29, 0.717) is 13.2 Å². The van der Waals surface area contributed by atoms with Gasteiger partial charge in [0.15, 0.2) is 0 Å². The van der Waals surface area contributed by atoms with Crippen LogP contribution in [0.1, 0.15) is 23.4 Å². The number of fused-ring (bicyclic) bond motifs is 2. The third-order valence-electron chi connectivity index (χ3n) is 6.11. The Hall–Kier alpha value is -3.79. The molecule has 0 unspecified atom stereocenters. The van der Waals surface area contributed by atoms with Gasteiger partial charge in [0.2, 0.25) is 0 Å². The summed E-state index contributed by atoms with van der Waals surface area (Å²) in [4.78, 5) is 4.86. The van der Waals surface area contributed by atoms with Crippen molar-refractivity contribution in [2.24, 2.45) is 0 Å². The molecule has 4 aromatic carbocycles. The quantitative estimate of drug-likeness (QED) is 0.249. The highest BCUT2D eigenvalue weighted by Gasteiger charge is 2.12. The summed E-state index contributed by atoms with van der Waals surface area (Å²) >= 11 is 0. The van der Waals surface area contributed by atoms with Crippen molar-refractivity contribution in [1.29, 1.82) is 0 Å². The molecule has 0 radical (unpaired) electrons. The SMILES string of the molecule is Cc1ccc(OCCCn2c(COc3cccc4ccccc34)nc3ccccc32)cc1C. The molecule has 0 aliphatic heterocycles. The maximum atomic E-state index is 6.26. The molecular weight excluding hydrogens is 408 g/mol. The molecule has 4 nitrogen and oxygen atoms in total. The standard InChI is InChI=1S/C29H28N2O2/c1-21-15-16-24(19-22(21)2)32-18-8-17-31-27-13-6-5-12-26(27)30-29(31)20-33-28-14-7-10-23-9-3-4-11-25(23)28/h3-7,9-16,19H,8,17-18,20H2,1-2H3. The second-order valence-corrected chi connectivity index (χ2v) is 8.38. The predicted octanol–water partition coefficient (Wildman–Crippen LogP) is 6.85. The van der Waals surface area contributed by atoms with Crippen LogP contribution >= 0.6 is 0 Å². The van der Waals surface area contributed by atoms with E-state index in [1.54, 1.807) is 0 Å². The Morgan fingerprint density at radius 1 is 0.788 bits per heavy atom. The van der Waals surface area contributed by atoms with E-state index in [2.05, 4.69) is 66.9 Å². The summed E-state index contributed by atoms with van der Waals surface area (Å²) in [5.74, 6) is 2.73. The molecule has 0 aliphatic carbocycles. The lowest BCUT2D eigenvalue weighted by molar-refractivity contribution is 0.282. The van der Waals surface area contributed by atoms with Crippen molar-refractivity contribution in [3.05, 3.63) is 102 Å². The van der Waals surface area contributed by atoms with Crippen molar-refractivity contribution in [1.82, 2.24) is 9.55 Å². The molecule has 0 atom stereocenters. The number of imidazole rings is 1. The van der Waals surface area contributed by atoms with Crippen molar-refractivity contribution in [2.45, 2.75) is 33.4 Å². The van der Waals surface area contributed by atoms with Gasteiger partial charge in [0, 0.05) is 11.9 Å². The fraction of sp³-hybridized carbons (Fsp3) is 0.207. The average Bonchev–Trinajstić information content (AvgIpc) is 3.20. The number of benzene rings is 4. The van der Waals surface area contributed by atoms with Gasteiger partial charge in [-0.05, 0) is 67.1 Å². The fourth-order valence-electron chi connectivity index (χ4n) is 4.17. The van der Waals surface area contributed by atoms with Crippen LogP contribution in [0.4, 0.5) is 0 Å². The van der Waals surface area contributed by atoms with Crippen molar-refractivity contribution in [3.63, 3.8) is 0 Å². The van der Waals surface area contributed by atoms with Gasteiger partial charge in [-0.3, -0.25) is 0 Å². The summed E-state index contributed by atoms with van der Waals surface area (Å²) in [6.07, 6.45) is 0.883. The van der Waals surface area contributed by atoms with E-state index in [-0.39, 0.29) is 0 Å². The van der Waals surface area contributed by atoms with E-state index in [4.69, 9.17) is 14.5 Å². The Morgan fingerprint density at radius 3 is 2.52 bits per heavy atom. The van der Waals surface area contributed by atoms with Crippen molar-refractivity contribution < 1.29 is 9.47 Å². The molecule has 0 bridgehead atoms. The molecule has 0 saturated carbocycles. The maximum absolute atomic E-state index is 6.26. The Balaban J connectivity index is 1.31. The van der Waals surface area contributed by atoms with E-state index in [9.17, 15) is 0 Å². The third kappa shape index (κ3) is 4.56. The van der Waals surface area contributed by atoms with Gasteiger partial charge < -0.3 is 14.0 Å². The Morgan fingerprint density at radius 2 is 1.61 bits per heavy atom. The van der Waals surface area contributed by atoms with Crippen LogP contribution in [0, 0.1) is 13.8 Å². The number of aromatic nitrogens is 2. The fourth-order valence-corrected chi connectivity index (χ4v) is 4.17. The highest BCUT2D eigenvalue weighted by atomic mass is 16.5. The van der Waals surface area contributed by atoms with Crippen LogP contribution in [-0.4, -0.2) is 16.2 Å². The van der Waals surface area contributed by atoms with Crippen LogP contribution in [0.2, 0.25) is 0 Å². The molecule has 5 rings (SSSR count). The predicted molar refractivity (Wildman–Crippen MR) is 134 cm³/mol. The Kier molecular flexibility index (Phi) is 5.99. The number of rotatable bonds is 8. The first kappa shape index (κ1) is 21.1. The molecule has 0 amide bonds. The van der Waals surface area contributed by atoms with Crippen LogP contribution in [0.25, 0.3) is 21.8 Å². The van der Waals surface area contributed by atoms with Gasteiger partial charge in [-0.2, -0.15) is 0 Å². The lowest BCUT2D eigenvalue weighted by Crippen LogP contribution is -2.10. The van der Waals surface area contributed by atoms with Gasteiger partial charge in [-0.15, -0.1) is 0 Å². The molecule has 0 fully saturated rings. The summed E-state index contributed by atoms with van der Waals surface area (Å²) < 4.78 is 14.5. The molecule has 1 heterocycles. The summed E-state index contributed by atoms with van der Waals surface area (Å²) in [5, 5.41) is 2.29. The Labute approximate surface area is 194 Å². The second-order valence-electron chi connectivity index (χ2n) is 8.38. The molecule has 1 aromatic heterocycles. The molecule has 0 N–H and O–H groups in total. The molecule has 0 spiro atoms. The molecule has 166 valence electrons. The normalized spacial score (nSPS) is 11.2. The first-order valence-corrected chi connectivity index (χ1v) is 11.4. The number of ether oxygens (including phenoxy) is 2. The van der Waals surface area contributed by atoms with Crippen LogP contribution in [0.15, 0.2) is 84.9 Å². The minimum atomic E-state index is 0.417. The van der Waals surface area contributed by atoms with Crippen molar-refractivity contribution in [3.8, 4) is 11.5 Å². The van der Waals surface area contributed by atoms with E-state index in [0.717, 1.165) is 46.7 Å². The van der Waals surface area contributed by atoms with Crippen molar-refractivity contribution in [2.75, 3.05) is 6.61 Å². The highest BCUT2D eigenvalue weighted by Crippen LogP contribution is 2.26. The van der Waals surface area contributed by atoms with E-state index >= 15 is 0 Å². The number of nitrogens with zero attached hydrogens (tertiary/aromatic N) is 2. The van der Waals surface area contributed by atoms with Gasteiger partial charge in [-0.25, -0.2) is 4.98 Å². The van der Waals surface area contributed by atoms with Crippen LogP contribution in [-0.2, 0) is 13.2 Å². The summed E-state index contributed by atoms with van der Waals surface area (Å²) in [6.45, 7) is 6.12. The number of para-hydroxylation sites is 2. The third-order valence-corrected chi connectivity index (χ3v) is 6.11. The first-order valence-electron chi connectivity index (χ1n) is 11.4. The zero-order valence-corrected chi connectivity index (χ0v) is 19.1. The van der Waals surface area contributed by atoms with E-state index < -0.39 is 0 Å². The largest absolute Gasteiger partial charge is 0.494 e. The van der Waals surface area contributed by atoms with Gasteiger partial charge in [-0.1, -0.05) is 54.6 Å². The van der Waals surface area contributed by atoms with Gasteiger partial charge >= 0.3 is 0 Å². The summed E-state index contributed by atoms with van der Waals surface area (Å²) in [7, 11) is 0. The van der Waals surface area contributed by atoms with Gasteiger partial charge in [0.25, 0.3) is 0 Å². The molecule has 33 heavy (non-hydrogen) atoms. The van der Waals surface area contributed by atoms with Gasteiger partial charge in [0.1, 0.15) is 23.9 Å². The molecule has 0 saturated heterocycles. The Bertz CT molecular complexity index is 1400. The lowest BCUT2D eigenvalue weighted by atomic mass is 10.1. The second kappa shape index (κ2) is 9.37. The number of hydrogen-bond acceptors (Lipinski definition) is 3. The zero-order chi connectivity index (χ0) is 22.6. The number of aryl methyl sites for hydroxylation is 3. The minimum absolute atomic E-state index is 0.417. The molecule has 4 heteroatoms. The van der Waals surface area contributed by atoms with Crippen LogP contribution < -0.4 is 9.47 Å². The molecular formula is C29H28N2O2. The maximum Gasteiger partial charge on any atom is 0.148 e. The minimum Gasteiger partial charge on any atom is -0.494 e. The van der Waals surface area contributed by atoms with Crippen LogP contribution in [0.5, 0.6) is 11.5 Å². The highest BCUT2D eigenvalue weighted by molar-refractivity contribution is 5.88.